The summed E-state index contributed by atoms with van der Waals surface area (Å²) in [5.74, 6) is 2.32. The average Bonchev–Trinajstić information content (AvgIpc) is 3.14. The maximum absolute atomic E-state index is 5.56. The Morgan fingerprint density at radius 3 is 2.85 bits per heavy atom. The largest absolute Gasteiger partial charge is 0.464 e. The van der Waals surface area contributed by atoms with Crippen LogP contribution in [0.2, 0.25) is 0 Å². The number of nitrogens with zero attached hydrogens (tertiary/aromatic N) is 2. The zero-order valence-electron chi connectivity index (χ0n) is 11.3. The van der Waals surface area contributed by atoms with Crippen molar-refractivity contribution in [3.8, 4) is 11.4 Å². The first-order valence-electron chi connectivity index (χ1n) is 7.31. The van der Waals surface area contributed by atoms with Crippen LogP contribution in [0.25, 0.3) is 22.4 Å². The van der Waals surface area contributed by atoms with Crippen molar-refractivity contribution in [3.05, 3.63) is 36.4 Å². The maximum Gasteiger partial charge on any atom is 0.185 e. The van der Waals surface area contributed by atoms with E-state index in [-0.39, 0.29) is 0 Å². The Bertz CT molecular complexity index is 722. The number of H-pyrrole nitrogens is 1. The molecule has 4 rings (SSSR count). The molecule has 0 saturated heterocycles. The van der Waals surface area contributed by atoms with E-state index in [0.717, 1.165) is 28.2 Å². The van der Waals surface area contributed by atoms with Gasteiger partial charge in [-0.1, -0.05) is 37.5 Å². The van der Waals surface area contributed by atoms with Crippen molar-refractivity contribution in [1.82, 2.24) is 15.2 Å². The molecule has 2 heterocycles. The number of aromatic amines is 1. The summed E-state index contributed by atoms with van der Waals surface area (Å²) in [5.41, 5.74) is 1.85. The third-order valence-electron chi connectivity index (χ3n) is 4.22. The Hall–Kier alpha value is -2.10. The molecule has 0 spiro atoms. The highest BCUT2D eigenvalue weighted by Gasteiger charge is 2.20. The summed E-state index contributed by atoms with van der Waals surface area (Å²) >= 11 is 0. The molecule has 1 N–H and O–H groups in total. The molecule has 2 aromatic heterocycles. The highest BCUT2D eigenvalue weighted by atomic mass is 16.3. The van der Waals surface area contributed by atoms with Crippen molar-refractivity contribution >= 4 is 11.0 Å². The van der Waals surface area contributed by atoms with Gasteiger partial charge in [-0.15, -0.1) is 0 Å². The summed E-state index contributed by atoms with van der Waals surface area (Å²) in [7, 11) is 0. The van der Waals surface area contributed by atoms with E-state index in [1.54, 1.807) is 6.26 Å². The number of hydrogen-bond donors (Lipinski definition) is 1. The topological polar surface area (TPSA) is 54.7 Å². The molecule has 0 radical (unpaired) electrons. The van der Waals surface area contributed by atoms with Crippen LogP contribution in [0.1, 0.15) is 43.8 Å². The molecule has 4 heteroatoms. The first-order valence-corrected chi connectivity index (χ1v) is 7.31. The van der Waals surface area contributed by atoms with Gasteiger partial charge >= 0.3 is 0 Å². The number of fused-ring (bicyclic) bond motifs is 1. The van der Waals surface area contributed by atoms with Crippen LogP contribution in [-0.2, 0) is 0 Å². The molecule has 4 nitrogen and oxygen atoms in total. The monoisotopic (exact) mass is 267 g/mol. The van der Waals surface area contributed by atoms with Crippen molar-refractivity contribution in [1.29, 1.82) is 0 Å². The molecular weight excluding hydrogens is 250 g/mol. The van der Waals surface area contributed by atoms with Crippen LogP contribution in [0.5, 0.6) is 0 Å². The van der Waals surface area contributed by atoms with E-state index in [0.29, 0.717) is 5.92 Å². The predicted molar refractivity (Wildman–Crippen MR) is 77.4 cm³/mol. The van der Waals surface area contributed by atoms with Gasteiger partial charge < -0.3 is 4.42 Å². The van der Waals surface area contributed by atoms with Crippen LogP contribution in [0.4, 0.5) is 0 Å². The van der Waals surface area contributed by atoms with Gasteiger partial charge in [-0.3, -0.25) is 5.10 Å². The second kappa shape index (κ2) is 4.78. The summed E-state index contributed by atoms with van der Waals surface area (Å²) in [6.45, 7) is 0. The Kier molecular flexibility index (Phi) is 2.80. The molecule has 1 fully saturated rings. The van der Waals surface area contributed by atoms with Gasteiger partial charge in [0, 0.05) is 11.3 Å². The van der Waals surface area contributed by atoms with Gasteiger partial charge in [-0.2, -0.15) is 5.10 Å². The zero-order valence-corrected chi connectivity index (χ0v) is 11.3. The van der Waals surface area contributed by atoms with Crippen LogP contribution < -0.4 is 0 Å². The van der Waals surface area contributed by atoms with Gasteiger partial charge in [-0.25, -0.2) is 4.98 Å². The maximum atomic E-state index is 5.56. The molecule has 3 aromatic rings. The van der Waals surface area contributed by atoms with Gasteiger partial charge in [0.15, 0.2) is 5.82 Å². The van der Waals surface area contributed by atoms with E-state index in [4.69, 9.17) is 9.40 Å². The Morgan fingerprint density at radius 2 is 1.95 bits per heavy atom. The number of aromatic nitrogens is 3. The van der Waals surface area contributed by atoms with Crippen molar-refractivity contribution in [2.75, 3.05) is 0 Å². The normalized spacial score (nSPS) is 16.8. The lowest BCUT2D eigenvalue weighted by molar-refractivity contribution is 0.429. The first kappa shape index (κ1) is 11.7. The molecule has 0 unspecified atom stereocenters. The minimum absolute atomic E-state index is 0.545. The lowest BCUT2D eigenvalue weighted by Gasteiger charge is -2.18. The molecule has 1 aromatic carbocycles. The van der Waals surface area contributed by atoms with E-state index < -0.39 is 0 Å². The summed E-state index contributed by atoms with van der Waals surface area (Å²) in [5, 5.41) is 8.58. The minimum Gasteiger partial charge on any atom is -0.464 e. The van der Waals surface area contributed by atoms with E-state index in [1.165, 1.54) is 32.1 Å². The Morgan fingerprint density at radius 1 is 1.10 bits per heavy atom. The first-order chi connectivity index (χ1) is 9.92. The van der Waals surface area contributed by atoms with Crippen LogP contribution >= 0.6 is 0 Å². The fourth-order valence-electron chi connectivity index (χ4n) is 3.10. The molecule has 0 bridgehead atoms. The van der Waals surface area contributed by atoms with Crippen molar-refractivity contribution in [2.24, 2.45) is 0 Å². The van der Waals surface area contributed by atoms with Gasteiger partial charge in [-0.05, 0) is 18.9 Å². The van der Waals surface area contributed by atoms with Gasteiger partial charge in [0.05, 0.1) is 5.56 Å². The predicted octanol–water partition coefficient (Wildman–Crippen LogP) is 4.27. The molecule has 1 aliphatic carbocycles. The van der Waals surface area contributed by atoms with Crippen molar-refractivity contribution in [2.45, 2.75) is 38.0 Å². The van der Waals surface area contributed by atoms with Crippen LogP contribution in [0.15, 0.2) is 34.9 Å². The van der Waals surface area contributed by atoms with Crippen LogP contribution in [0.3, 0.4) is 0 Å². The number of furan rings is 1. The smallest absolute Gasteiger partial charge is 0.185 e. The summed E-state index contributed by atoms with van der Waals surface area (Å²) in [6.07, 6.45) is 8.15. The Labute approximate surface area is 117 Å². The summed E-state index contributed by atoms with van der Waals surface area (Å²) < 4.78 is 5.56. The van der Waals surface area contributed by atoms with Gasteiger partial charge in [0.25, 0.3) is 0 Å². The lowest BCUT2D eigenvalue weighted by Crippen LogP contribution is -2.06. The van der Waals surface area contributed by atoms with E-state index in [1.807, 2.05) is 24.3 Å². The third kappa shape index (κ3) is 1.92. The average molecular weight is 267 g/mol. The fourth-order valence-corrected chi connectivity index (χ4v) is 3.10. The number of benzene rings is 1. The quantitative estimate of drug-likeness (QED) is 0.754. The number of rotatable bonds is 2. The van der Waals surface area contributed by atoms with Crippen molar-refractivity contribution in [3.63, 3.8) is 0 Å². The minimum atomic E-state index is 0.545. The summed E-state index contributed by atoms with van der Waals surface area (Å²) in [4.78, 5) is 4.70. The standard InChI is InChI=1S/C16H17N3O/c1-2-6-11(7-3-1)15-17-16(19-18-15)13-10-20-14-9-5-4-8-12(13)14/h4-5,8-11H,1-3,6-7H2,(H,17,18,19). The molecule has 1 aliphatic rings. The van der Waals surface area contributed by atoms with Crippen molar-refractivity contribution < 1.29 is 4.42 Å². The van der Waals surface area contributed by atoms with Crippen LogP contribution in [-0.4, -0.2) is 15.2 Å². The van der Waals surface area contributed by atoms with E-state index in [9.17, 15) is 0 Å². The molecule has 0 aliphatic heterocycles. The molecular formula is C16H17N3O. The second-order valence-electron chi connectivity index (χ2n) is 5.52. The molecule has 1 saturated carbocycles. The second-order valence-corrected chi connectivity index (χ2v) is 5.52. The third-order valence-corrected chi connectivity index (χ3v) is 4.22. The lowest BCUT2D eigenvalue weighted by atomic mass is 9.89. The van der Waals surface area contributed by atoms with E-state index in [2.05, 4.69) is 10.2 Å². The summed E-state index contributed by atoms with van der Waals surface area (Å²) in [6, 6.07) is 8.00. The SMILES string of the molecule is c1ccc2c(-c3n[nH]c(C4CCCCC4)n3)coc2c1. The number of nitrogens with one attached hydrogen (secondary N) is 1. The highest BCUT2D eigenvalue weighted by Crippen LogP contribution is 2.33. The molecule has 0 amide bonds. The highest BCUT2D eigenvalue weighted by molar-refractivity contribution is 5.91. The molecule has 102 valence electrons. The van der Waals surface area contributed by atoms with Gasteiger partial charge in [0.1, 0.15) is 17.7 Å². The van der Waals surface area contributed by atoms with E-state index >= 15 is 0 Å². The molecule has 20 heavy (non-hydrogen) atoms. The van der Waals surface area contributed by atoms with Gasteiger partial charge in [0.2, 0.25) is 0 Å². The number of para-hydroxylation sites is 1. The number of hydrogen-bond acceptors (Lipinski definition) is 3. The Balaban J connectivity index is 1.70. The van der Waals surface area contributed by atoms with Crippen LogP contribution in [0, 0.1) is 0 Å². The molecule has 0 atom stereocenters. The fraction of sp³-hybridized carbons (Fsp3) is 0.375. The zero-order chi connectivity index (χ0) is 13.4.